The van der Waals surface area contributed by atoms with Gasteiger partial charge in [-0.05, 0) is 37.4 Å². The van der Waals surface area contributed by atoms with Gasteiger partial charge in [0, 0.05) is 6.54 Å². The molecule has 0 spiro atoms. The first kappa shape index (κ1) is 17.9. The number of carbonyl (C=O) groups is 1. The third-order valence-corrected chi connectivity index (χ3v) is 3.67. The lowest BCUT2D eigenvalue weighted by molar-refractivity contribution is -0.121. The maximum absolute atomic E-state index is 13.7. The normalized spacial score (nSPS) is 12.0. The topological polar surface area (TPSA) is 41.6 Å². The van der Waals surface area contributed by atoms with Gasteiger partial charge in [0.2, 0.25) is 5.91 Å². The van der Waals surface area contributed by atoms with Crippen LogP contribution in [0.1, 0.15) is 17.2 Å². The summed E-state index contributed by atoms with van der Waals surface area (Å²) in [5, 5.41) is 3.03. The second-order valence-corrected chi connectivity index (χ2v) is 5.94. The lowest BCUT2D eigenvalue weighted by Gasteiger charge is -2.23. The molecule has 2 aromatic rings. The summed E-state index contributed by atoms with van der Waals surface area (Å²) >= 11 is 0. The monoisotopic (exact) mass is 330 g/mol. The van der Waals surface area contributed by atoms with Crippen LogP contribution in [0.3, 0.4) is 0 Å². The summed E-state index contributed by atoms with van der Waals surface area (Å²) in [6.45, 7) is 0.687. The summed E-state index contributed by atoms with van der Waals surface area (Å²) in [6, 6.07) is 14.3. The minimum atomic E-state index is -0.462. The number of hydrogen-bond donors (Lipinski definition) is 1. The van der Waals surface area contributed by atoms with E-state index in [0.29, 0.717) is 12.1 Å². The Kier molecular flexibility index (Phi) is 6.32. The van der Waals surface area contributed by atoms with Gasteiger partial charge >= 0.3 is 0 Å². The smallest absolute Gasteiger partial charge is 0.224 e. The number of nitrogens with zero attached hydrogens (tertiary/aromatic N) is 1. The molecule has 0 aliphatic carbocycles. The third-order valence-electron chi connectivity index (χ3n) is 3.67. The van der Waals surface area contributed by atoms with E-state index < -0.39 is 5.82 Å². The largest absolute Gasteiger partial charge is 0.494 e. The second-order valence-electron chi connectivity index (χ2n) is 5.94. The molecule has 5 heteroatoms. The molecular formula is C19H23FN2O2. The first-order valence-corrected chi connectivity index (χ1v) is 7.81. The Balaban J connectivity index is 2.06. The molecular weight excluding hydrogens is 307 g/mol. The van der Waals surface area contributed by atoms with Crippen LogP contribution in [0.25, 0.3) is 0 Å². The van der Waals surface area contributed by atoms with Gasteiger partial charge in [-0.2, -0.15) is 0 Å². The summed E-state index contributed by atoms with van der Waals surface area (Å²) < 4.78 is 18.6. The second kappa shape index (κ2) is 8.45. The van der Waals surface area contributed by atoms with Gasteiger partial charge in [-0.25, -0.2) is 4.39 Å². The Morgan fingerprint density at radius 3 is 2.50 bits per heavy atom. The van der Waals surface area contributed by atoms with E-state index in [1.807, 2.05) is 49.3 Å². The quantitative estimate of drug-likeness (QED) is 0.849. The molecule has 2 rings (SSSR count). The summed E-state index contributed by atoms with van der Waals surface area (Å²) in [4.78, 5) is 14.4. The van der Waals surface area contributed by atoms with Gasteiger partial charge in [0.1, 0.15) is 0 Å². The number of amides is 1. The maximum Gasteiger partial charge on any atom is 0.224 e. The molecule has 128 valence electrons. The van der Waals surface area contributed by atoms with E-state index in [1.165, 1.54) is 19.2 Å². The van der Waals surface area contributed by atoms with Crippen molar-refractivity contribution in [2.45, 2.75) is 12.5 Å². The van der Waals surface area contributed by atoms with E-state index in [4.69, 9.17) is 4.74 Å². The molecule has 2 aromatic carbocycles. The zero-order valence-corrected chi connectivity index (χ0v) is 14.3. The SMILES string of the molecule is COc1ccc(CC(=O)NC(CN(C)C)c2ccccc2)cc1F. The van der Waals surface area contributed by atoms with Crippen LogP contribution in [0.4, 0.5) is 4.39 Å². The average Bonchev–Trinajstić information content (AvgIpc) is 2.55. The summed E-state index contributed by atoms with van der Waals surface area (Å²) in [6.07, 6.45) is 0.123. The van der Waals surface area contributed by atoms with Gasteiger partial charge < -0.3 is 15.0 Å². The first-order valence-electron chi connectivity index (χ1n) is 7.81. The summed E-state index contributed by atoms with van der Waals surface area (Å²) in [7, 11) is 5.33. The molecule has 0 aliphatic heterocycles. The molecule has 0 heterocycles. The molecule has 0 saturated heterocycles. The lowest BCUT2D eigenvalue weighted by atomic mass is 10.1. The highest BCUT2D eigenvalue weighted by atomic mass is 19.1. The van der Waals surface area contributed by atoms with E-state index in [9.17, 15) is 9.18 Å². The fourth-order valence-electron chi connectivity index (χ4n) is 2.54. The fourth-order valence-corrected chi connectivity index (χ4v) is 2.54. The molecule has 0 radical (unpaired) electrons. The summed E-state index contributed by atoms with van der Waals surface area (Å²) in [5.74, 6) is -0.431. The van der Waals surface area contributed by atoms with Crippen LogP contribution >= 0.6 is 0 Å². The Labute approximate surface area is 142 Å². The minimum Gasteiger partial charge on any atom is -0.494 e. The van der Waals surface area contributed by atoms with Crippen molar-refractivity contribution < 1.29 is 13.9 Å². The molecule has 1 unspecified atom stereocenters. The molecule has 0 bridgehead atoms. The highest BCUT2D eigenvalue weighted by Crippen LogP contribution is 2.18. The first-order chi connectivity index (χ1) is 11.5. The predicted octanol–water partition coefficient (Wildman–Crippen LogP) is 2.80. The van der Waals surface area contributed by atoms with Crippen molar-refractivity contribution in [2.24, 2.45) is 0 Å². The number of benzene rings is 2. The van der Waals surface area contributed by atoms with Crippen LogP contribution in [0.15, 0.2) is 48.5 Å². The van der Waals surface area contributed by atoms with E-state index in [2.05, 4.69) is 5.32 Å². The number of likely N-dealkylation sites (N-methyl/N-ethyl adjacent to an activating group) is 1. The standard InChI is InChI=1S/C19H23FN2O2/c1-22(2)13-17(15-7-5-4-6-8-15)21-19(23)12-14-9-10-18(24-3)16(20)11-14/h4-11,17H,12-13H2,1-3H3,(H,21,23). The Hall–Kier alpha value is -2.40. The van der Waals surface area contributed by atoms with Crippen molar-refractivity contribution in [3.63, 3.8) is 0 Å². The van der Waals surface area contributed by atoms with Gasteiger partial charge in [0.05, 0.1) is 19.6 Å². The van der Waals surface area contributed by atoms with Crippen molar-refractivity contribution in [3.8, 4) is 5.75 Å². The van der Waals surface area contributed by atoms with Crippen LogP contribution in [0.5, 0.6) is 5.75 Å². The van der Waals surface area contributed by atoms with Gasteiger partial charge in [-0.15, -0.1) is 0 Å². The molecule has 0 saturated carbocycles. The molecule has 0 aliphatic rings. The zero-order valence-electron chi connectivity index (χ0n) is 14.3. The number of methoxy groups -OCH3 is 1. The van der Waals surface area contributed by atoms with Gasteiger partial charge in [-0.1, -0.05) is 36.4 Å². The van der Waals surface area contributed by atoms with Crippen LogP contribution in [0.2, 0.25) is 0 Å². The Bertz CT molecular complexity index is 674. The number of nitrogens with one attached hydrogen (secondary N) is 1. The number of hydrogen-bond acceptors (Lipinski definition) is 3. The van der Waals surface area contributed by atoms with Crippen LogP contribution in [-0.4, -0.2) is 38.6 Å². The van der Waals surface area contributed by atoms with Crippen molar-refractivity contribution in [3.05, 3.63) is 65.5 Å². The van der Waals surface area contributed by atoms with E-state index in [0.717, 1.165) is 5.56 Å². The highest BCUT2D eigenvalue weighted by Gasteiger charge is 2.16. The molecule has 0 aromatic heterocycles. The highest BCUT2D eigenvalue weighted by molar-refractivity contribution is 5.79. The maximum atomic E-state index is 13.7. The number of ether oxygens (including phenoxy) is 1. The van der Waals surface area contributed by atoms with Gasteiger partial charge in [0.15, 0.2) is 11.6 Å². The Morgan fingerprint density at radius 1 is 1.21 bits per heavy atom. The molecule has 4 nitrogen and oxygen atoms in total. The van der Waals surface area contributed by atoms with Crippen molar-refractivity contribution in [1.82, 2.24) is 10.2 Å². The molecule has 24 heavy (non-hydrogen) atoms. The predicted molar refractivity (Wildman–Crippen MR) is 92.5 cm³/mol. The number of carbonyl (C=O) groups excluding carboxylic acids is 1. The van der Waals surface area contributed by atoms with Gasteiger partial charge in [0.25, 0.3) is 0 Å². The van der Waals surface area contributed by atoms with Gasteiger partial charge in [-0.3, -0.25) is 4.79 Å². The third kappa shape index (κ3) is 5.06. The van der Waals surface area contributed by atoms with Crippen molar-refractivity contribution in [1.29, 1.82) is 0 Å². The molecule has 0 fully saturated rings. The number of rotatable bonds is 7. The van der Waals surface area contributed by atoms with Crippen molar-refractivity contribution in [2.75, 3.05) is 27.7 Å². The van der Waals surface area contributed by atoms with Crippen LogP contribution in [-0.2, 0) is 11.2 Å². The van der Waals surface area contributed by atoms with Crippen LogP contribution in [0, 0.1) is 5.82 Å². The van der Waals surface area contributed by atoms with Crippen LogP contribution < -0.4 is 10.1 Å². The average molecular weight is 330 g/mol. The molecule has 1 N–H and O–H groups in total. The summed E-state index contributed by atoms with van der Waals surface area (Å²) in [5.41, 5.74) is 1.66. The Morgan fingerprint density at radius 2 is 1.92 bits per heavy atom. The minimum absolute atomic E-state index is 0.114. The lowest BCUT2D eigenvalue weighted by Crippen LogP contribution is -2.36. The molecule has 1 atom stereocenters. The fraction of sp³-hybridized carbons (Fsp3) is 0.316. The van der Waals surface area contributed by atoms with E-state index in [-0.39, 0.29) is 24.1 Å². The number of halogens is 1. The van der Waals surface area contributed by atoms with E-state index in [1.54, 1.807) is 6.07 Å². The van der Waals surface area contributed by atoms with E-state index >= 15 is 0 Å². The zero-order chi connectivity index (χ0) is 17.5. The molecule has 1 amide bonds. The van der Waals surface area contributed by atoms with Crippen molar-refractivity contribution >= 4 is 5.91 Å².